The van der Waals surface area contributed by atoms with Crippen LogP contribution in [-0.2, 0) is 6.54 Å². The molecule has 0 unspecified atom stereocenters. The van der Waals surface area contributed by atoms with Crippen molar-refractivity contribution in [1.82, 2.24) is 15.5 Å². The summed E-state index contributed by atoms with van der Waals surface area (Å²) < 4.78 is 5.10. The number of carbonyl (C=O) groups excluding carboxylic acids is 2. The second kappa shape index (κ2) is 9.93. The molecule has 2 aromatic rings. The zero-order valence-electron chi connectivity index (χ0n) is 16.5. The van der Waals surface area contributed by atoms with Crippen LogP contribution in [0.15, 0.2) is 54.6 Å². The van der Waals surface area contributed by atoms with Crippen molar-refractivity contribution in [2.45, 2.75) is 31.5 Å². The van der Waals surface area contributed by atoms with E-state index in [0.717, 1.165) is 5.56 Å². The smallest absolute Gasteiger partial charge is 0.317 e. The molecule has 2 aromatic carbocycles. The first-order chi connectivity index (χ1) is 14.1. The van der Waals surface area contributed by atoms with E-state index in [0.29, 0.717) is 37.2 Å². The molecule has 0 aliphatic carbocycles. The molecule has 154 valence electrons. The maximum Gasteiger partial charge on any atom is 0.317 e. The molecule has 0 bridgehead atoms. The van der Waals surface area contributed by atoms with E-state index >= 15 is 0 Å². The number of nitrogens with one attached hydrogen (secondary N) is 2. The van der Waals surface area contributed by atoms with Gasteiger partial charge in [-0.1, -0.05) is 30.3 Å². The molecule has 1 aliphatic rings. The summed E-state index contributed by atoms with van der Waals surface area (Å²) in [6, 6.07) is 15.7. The number of aliphatic hydroxyl groups is 1. The first kappa shape index (κ1) is 20.7. The predicted molar refractivity (Wildman–Crippen MR) is 110 cm³/mol. The average Bonchev–Trinajstić information content (AvgIpc) is 2.94. The molecule has 3 N–H and O–H groups in total. The van der Waals surface area contributed by atoms with Crippen molar-refractivity contribution in [3.8, 4) is 5.75 Å². The van der Waals surface area contributed by atoms with Crippen LogP contribution in [0, 0.1) is 0 Å². The van der Waals surface area contributed by atoms with Gasteiger partial charge < -0.3 is 25.4 Å². The van der Waals surface area contributed by atoms with Crippen molar-refractivity contribution >= 4 is 11.9 Å². The van der Waals surface area contributed by atoms with Crippen LogP contribution in [0.4, 0.5) is 4.79 Å². The maximum atomic E-state index is 12.6. The van der Waals surface area contributed by atoms with Crippen molar-refractivity contribution in [2.75, 3.05) is 20.2 Å². The van der Waals surface area contributed by atoms with E-state index in [1.807, 2.05) is 30.3 Å². The number of ether oxygens (including phenoxy) is 1. The zero-order chi connectivity index (χ0) is 20.6. The summed E-state index contributed by atoms with van der Waals surface area (Å²) in [5.41, 5.74) is 1.49. The van der Waals surface area contributed by atoms with Crippen LogP contribution in [-0.4, -0.2) is 54.3 Å². The van der Waals surface area contributed by atoms with Crippen LogP contribution in [0.1, 0.15) is 28.8 Å². The topological polar surface area (TPSA) is 90.9 Å². The summed E-state index contributed by atoms with van der Waals surface area (Å²) in [7, 11) is 1.56. The van der Waals surface area contributed by atoms with Gasteiger partial charge in [-0.05, 0) is 42.7 Å². The van der Waals surface area contributed by atoms with Gasteiger partial charge >= 0.3 is 6.03 Å². The van der Waals surface area contributed by atoms with Crippen molar-refractivity contribution in [1.29, 1.82) is 0 Å². The Bertz CT molecular complexity index is 811. The minimum absolute atomic E-state index is 0.202. The highest BCUT2D eigenvalue weighted by Gasteiger charge is 2.29. The fraction of sp³-hybridized carbons (Fsp3) is 0.364. The number of hydrogen-bond donors (Lipinski definition) is 3. The Balaban J connectivity index is 1.60. The van der Waals surface area contributed by atoms with Crippen molar-refractivity contribution in [2.24, 2.45) is 0 Å². The van der Waals surface area contributed by atoms with Crippen LogP contribution in [0.25, 0.3) is 0 Å². The first-order valence-electron chi connectivity index (χ1n) is 9.76. The Morgan fingerprint density at radius 3 is 2.55 bits per heavy atom. The first-order valence-corrected chi connectivity index (χ1v) is 9.76. The molecule has 7 nitrogen and oxygen atoms in total. The maximum absolute atomic E-state index is 12.6. The third-order valence-electron chi connectivity index (χ3n) is 5.05. The Kier molecular flexibility index (Phi) is 7.08. The molecule has 0 saturated carbocycles. The lowest BCUT2D eigenvalue weighted by molar-refractivity contribution is 0.0809. The number of likely N-dealkylation sites (tertiary alicyclic amines) is 1. The summed E-state index contributed by atoms with van der Waals surface area (Å²) in [6.45, 7) is 1.22. The van der Waals surface area contributed by atoms with Gasteiger partial charge in [0.1, 0.15) is 5.75 Å². The van der Waals surface area contributed by atoms with E-state index in [-0.39, 0.29) is 18.5 Å². The Morgan fingerprint density at radius 2 is 1.86 bits per heavy atom. The number of hydrogen-bond acceptors (Lipinski definition) is 4. The van der Waals surface area contributed by atoms with Crippen LogP contribution >= 0.6 is 0 Å². The van der Waals surface area contributed by atoms with Gasteiger partial charge in [0.05, 0.1) is 19.3 Å². The number of benzene rings is 2. The van der Waals surface area contributed by atoms with E-state index in [4.69, 9.17) is 4.74 Å². The fourth-order valence-corrected chi connectivity index (χ4v) is 3.35. The quantitative estimate of drug-likeness (QED) is 0.721. The van der Waals surface area contributed by atoms with Crippen LogP contribution in [0.3, 0.4) is 0 Å². The third-order valence-corrected chi connectivity index (χ3v) is 5.05. The zero-order valence-corrected chi connectivity index (χ0v) is 16.5. The van der Waals surface area contributed by atoms with Gasteiger partial charge in [0.15, 0.2) is 0 Å². The van der Waals surface area contributed by atoms with Crippen molar-refractivity contribution in [3.05, 3.63) is 65.7 Å². The van der Waals surface area contributed by atoms with E-state index in [2.05, 4.69) is 10.6 Å². The monoisotopic (exact) mass is 397 g/mol. The molecule has 0 radical (unpaired) electrons. The van der Waals surface area contributed by atoms with Crippen LogP contribution < -0.4 is 15.4 Å². The second-order valence-corrected chi connectivity index (χ2v) is 7.11. The number of aliphatic hydroxyl groups excluding tert-OH is 1. The van der Waals surface area contributed by atoms with Gasteiger partial charge in [-0.3, -0.25) is 4.79 Å². The SMILES string of the molecule is COc1ccc(C(=O)N[C@@H]2CN(C(=O)NCc3ccccc3)CCC[C@H]2O)cc1. The lowest BCUT2D eigenvalue weighted by Crippen LogP contribution is -2.51. The molecule has 0 spiro atoms. The molecule has 7 heteroatoms. The lowest BCUT2D eigenvalue weighted by atomic mass is 10.1. The number of nitrogens with zero attached hydrogens (tertiary/aromatic N) is 1. The Labute approximate surface area is 170 Å². The van der Waals surface area contributed by atoms with Gasteiger partial charge in [0, 0.05) is 25.2 Å². The molecular formula is C22H27N3O4. The van der Waals surface area contributed by atoms with Gasteiger partial charge in [0.2, 0.25) is 0 Å². The summed E-state index contributed by atoms with van der Waals surface area (Å²) >= 11 is 0. The van der Waals surface area contributed by atoms with Gasteiger partial charge in [-0.25, -0.2) is 4.79 Å². The third kappa shape index (κ3) is 5.71. The van der Waals surface area contributed by atoms with E-state index < -0.39 is 12.1 Å². The number of carbonyl (C=O) groups is 2. The van der Waals surface area contributed by atoms with Crippen molar-refractivity contribution < 1.29 is 19.4 Å². The molecule has 2 atom stereocenters. The average molecular weight is 397 g/mol. The summed E-state index contributed by atoms with van der Waals surface area (Å²) in [5.74, 6) is 0.376. The molecule has 1 aliphatic heterocycles. The highest BCUT2D eigenvalue weighted by Crippen LogP contribution is 2.15. The second-order valence-electron chi connectivity index (χ2n) is 7.11. The summed E-state index contributed by atoms with van der Waals surface area (Å²) in [4.78, 5) is 26.8. The highest BCUT2D eigenvalue weighted by molar-refractivity contribution is 5.94. The fourth-order valence-electron chi connectivity index (χ4n) is 3.35. The van der Waals surface area contributed by atoms with Crippen molar-refractivity contribution in [3.63, 3.8) is 0 Å². The largest absolute Gasteiger partial charge is 0.497 e. The van der Waals surface area contributed by atoms with Gasteiger partial charge in [-0.2, -0.15) is 0 Å². The van der Waals surface area contributed by atoms with Gasteiger partial charge in [0.25, 0.3) is 5.91 Å². The number of methoxy groups -OCH3 is 1. The number of amides is 3. The molecule has 1 fully saturated rings. The Morgan fingerprint density at radius 1 is 1.14 bits per heavy atom. The van der Waals surface area contributed by atoms with Crippen LogP contribution in [0.2, 0.25) is 0 Å². The van der Waals surface area contributed by atoms with E-state index in [1.165, 1.54) is 0 Å². The normalized spacial score (nSPS) is 19.2. The Hall–Kier alpha value is -3.06. The highest BCUT2D eigenvalue weighted by atomic mass is 16.5. The molecule has 3 amide bonds. The summed E-state index contributed by atoms with van der Waals surface area (Å²) in [6.07, 6.45) is 0.495. The molecule has 0 aromatic heterocycles. The molecular weight excluding hydrogens is 370 g/mol. The van der Waals surface area contributed by atoms with E-state index in [1.54, 1.807) is 36.3 Å². The van der Waals surface area contributed by atoms with Crippen LogP contribution in [0.5, 0.6) is 5.75 Å². The van der Waals surface area contributed by atoms with E-state index in [9.17, 15) is 14.7 Å². The molecule has 1 saturated heterocycles. The lowest BCUT2D eigenvalue weighted by Gasteiger charge is -2.27. The number of urea groups is 1. The molecule has 1 heterocycles. The minimum Gasteiger partial charge on any atom is -0.497 e. The minimum atomic E-state index is -0.705. The predicted octanol–water partition coefficient (Wildman–Crippen LogP) is 2.16. The summed E-state index contributed by atoms with van der Waals surface area (Å²) in [5, 5.41) is 16.2. The number of rotatable bonds is 5. The molecule has 29 heavy (non-hydrogen) atoms. The molecule has 3 rings (SSSR count). The standard InChI is InChI=1S/C22H27N3O4/c1-29-18-11-9-17(10-12-18)21(27)24-19-15-25(13-5-8-20(19)26)22(28)23-14-16-6-3-2-4-7-16/h2-4,6-7,9-12,19-20,26H,5,8,13-15H2,1H3,(H,23,28)(H,24,27)/t19-,20-/m1/s1. The van der Waals surface area contributed by atoms with Gasteiger partial charge in [-0.15, -0.1) is 0 Å².